The summed E-state index contributed by atoms with van der Waals surface area (Å²) in [6.07, 6.45) is 0.115. The molecule has 1 atom stereocenters. The van der Waals surface area contributed by atoms with Crippen molar-refractivity contribution in [1.29, 1.82) is 0 Å². The number of amides is 1. The first kappa shape index (κ1) is 24.9. The van der Waals surface area contributed by atoms with Gasteiger partial charge < -0.3 is 14.8 Å². The number of anilines is 1. The number of hydrogen-bond donors (Lipinski definition) is 2. The van der Waals surface area contributed by atoms with Crippen LogP contribution >= 0.6 is 23.2 Å². The van der Waals surface area contributed by atoms with E-state index in [2.05, 4.69) is 10.0 Å². The molecule has 2 N–H and O–H groups in total. The molecule has 3 aromatic rings. The minimum Gasteiger partial charge on any atom is -0.493 e. The van der Waals surface area contributed by atoms with Gasteiger partial charge in [-0.25, -0.2) is 8.42 Å². The quantitative estimate of drug-likeness (QED) is 0.442. The maximum atomic E-state index is 13.1. The van der Waals surface area contributed by atoms with Gasteiger partial charge in [-0.2, -0.15) is 4.72 Å². The third-order valence-corrected chi connectivity index (χ3v) is 6.77. The Labute approximate surface area is 202 Å². The van der Waals surface area contributed by atoms with Crippen molar-refractivity contribution in [2.45, 2.75) is 17.4 Å². The number of carbonyl (C=O) groups is 1. The summed E-state index contributed by atoms with van der Waals surface area (Å²) in [5.41, 5.74) is 1.09. The van der Waals surface area contributed by atoms with Gasteiger partial charge in [0.25, 0.3) is 0 Å². The maximum absolute atomic E-state index is 13.1. The van der Waals surface area contributed by atoms with Gasteiger partial charge in [0.05, 0.1) is 29.8 Å². The summed E-state index contributed by atoms with van der Waals surface area (Å²) in [4.78, 5) is 13.0. The number of hydrogen-bond acceptors (Lipinski definition) is 5. The van der Waals surface area contributed by atoms with Gasteiger partial charge in [0.1, 0.15) is 6.04 Å². The molecule has 3 aromatic carbocycles. The van der Waals surface area contributed by atoms with Gasteiger partial charge in [-0.1, -0.05) is 53.5 Å². The van der Waals surface area contributed by atoms with Crippen LogP contribution < -0.4 is 19.5 Å². The van der Waals surface area contributed by atoms with Crippen molar-refractivity contribution < 1.29 is 22.7 Å². The fourth-order valence-corrected chi connectivity index (χ4v) is 4.75. The number of methoxy groups -OCH3 is 2. The van der Waals surface area contributed by atoms with Crippen LogP contribution in [-0.4, -0.2) is 34.6 Å². The number of rotatable bonds is 9. The molecule has 1 unspecified atom stereocenters. The molecule has 10 heteroatoms. The molecular formula is C23H22Cl2N2O5S. The highest BCUT2D eigenvalue weighted by molar-refractivity contribution is 7.89. The number of carbonyl (C=O) groups excluding carboxylic acids is 1. The van der Waals surface area contributed by atoms with E-state index in [1.54, 1.807) is 24.3 Å². The average molecular weight is 509 g/mol. The molecule has 0 aliphatic rings. The Hall–Kier alpha value is -2.78. The molecule has 0 saturated heterocycles. The second-order valence-electron chi connectivity index (χ2n) is 6.99. The lowest BCUT2D eigenvalue weighted by atomic mass is 10.1. The van der Waals surface area contributed by atoms with Crippen molar-refractivity contribution in [3.05, 3.63) is 82.3 Å². The van der Waals surface area contributed by atoms with E-state index in [9.17, 15) is 13.2 Å². The standard InChI is InChI=1S/C23H22Cl2N2O5S/c1-31-21-11-9-17(14-22(21)32-2)33(29,30)27-20(12-15-6-4-3-5-7-15)23(28)26-19-10-8-16(24)13-18(19)25/h3-11,13-14,20,27H,12H2,1-2H3,(H,26,28). The Kier molecular flexibility index (Phi) is 8.20. The molecule has 1 amide bonds. The predicted octanol–water partition coefficient (Wildman–Crippen LogP) is 4.54. The van der Waals surface area contributed by atoms with Gasteiger partial charge in [-0.3, -0.25) is 4.79 Å². The second kappa shape index (κ2) is 10.9. The molecular weight excluding hydrogens is 487 g/mol. The van der Waals surface area contributed by atoms with Crippen molar-refractivity contribution in [1.82, 2.24) is 4.72 Å². The highest BCUT2D eigenvalue weighted by atomic mass is 35.5. The van der Waals surface area contributed by atoms with Gasteiger partial charge in [-0.15, -0.1) is 0 Å². The molecule has 0 radical (unpaired) electrons. The van der Waals surface area contributed by atoms with Crippen LogP contribution in [0.2, 0.25) is 10.0 Å². The van der Waals surface area contributed by atoms with Crippen LogP contribution in [0.3, 0.4) is 0 Å². The number of ether oxygens (including phenoxy) is 2. The molecule has 0 aromatic heterocycles. The van der Waals surface area contributed by atoms with E-state index in [0.29, 0.717) is 16.5 Å². The van der Waals surface area contributed by atoms with E-state index in [4.69, 9.17) is 32.7 Å². The molecule has 0 fully saturated rings. The Morgan fingerprint density at radius 3 is 2.27 bits per heavy atom. The first-order valence-corrected chi connectivity index (χ1v) is 12.0. The van der Waals surface area contributed by atoms with Crippen molar-refractivity contribution in [2.24, 2.45) is 0 Å². The second-order valence-corrected chi connectivity index (χ2v) is 9.55. The van der Waals surface area contributed by atoms with Crippen molar-refractivity contribution >= 4 is 44.8 Å². The van der Waals surface area contributed by atoms with Gasteiger partial charge in [0.15, 0.2) is 11.5 Å². The summed E-state index contributed by atoms with van der Waals surface area (Å²) in [6.45, 7) is 0. The number of sulfonamides is 1. The molecule has 33 heavy (non-hydrogen) atoms. The van der Waals surface area contributed by atoms with Crippen LogP contribution in [-0.2, 0) is 21.2 Å². The van der Waals surface area contributed by atoms with E-state index in [1.165, 1.54) is 38.5 Å². The number of halogens is 2. The smallest absolute Gasteiger partial charge is 0.242 e. The third-order valence-electron chi connectivity index (χ3n) is 4.75. The van der Waals surface area contributed by atoms with Crippen molar-refractivity contribution in [2.75, 3.05) is 19.5 Å². The van der Waals surface area contributed by atoms with Crippen molar-refractivity contribution in [3.63, 3.8) is 0 Å². The first-order valence-electron chi connectivity index (χ1n) is 9.77. The molecule has 3 rings (SSSR count). The Morgan fingerprint density at radius 2 is 1.64 bits per heavy atom. The van der Waals surface area contributed by atoms with Crippen LogP contribution in [0.15, 0.2) is 71.6 Å². The number of nitrogens with one attached hydrogen (secondary N) is 2. The third kappa shape index (κ3) is 6.39. The Bertz CT molecular complexity index is 1240. The molecule has 7 nitrogen and oxygen atoms in total. The predicted molar refractivity (Wildman–Crippen MR) is 129 cm³/mol. The van der Waals surface area contributed by atoms with E-state index in [0.717, 1.165) is 5.56 Å². The molecule has 0 spiro atoms. The summed E-state index contributed by atoms with van der Waals surface area (Å²) in [7, 11) is -1.24. The fourth-order valence-electron chi connectivity index (χ4n) is 3.09. The SMILES string of the molecule is COc1ccc(S(=O)(=O)NC(Cc2ccccc2)C(=O)Nc2ccc(Cl)cc2Cl)cc1OC. The molecule has 0 saturated carbocycles. The highest BCUT2D eigenvalue weighted by Crippen LogP contribution is 2.30. The van der Waals surface area contributed by atoms with E-state index in [1.807, 2.05) is 18.2 Å². The van der Waals surface area contributed by atoms with Gasteiger partial charge in [-0.05, 0) is 42.3 Å². The molecule has 174 valence electrons. The van der Waals surface area contributed by atoms with Gasteiger partial charge >= 0.3 is 0 Å². The fraction of sp³-hybridized carbons (Fsp3) is 0.174. The average Bonchev–Trinajstić information content (AvgIpc) is 2.80. The van der Waals surface area contributed by atoms with Crippen molar-refractivity contribution in [3.8, 4) is 11.5 Å². The summed E-state index contributed by atoms with van der Waals surface area (Å²) >= 11 is 12.1. The largest absolute Gasteiger partial charge is 0.493 e. The summed E-state index contributed by atoms with van der Waals surface area (Å²) in [5.74, 6) is 0.0527. The zero-order valence-electron chi connectivity index (χ0n) is 17.8. The molecule has 0 bridgehead atoms. The lowest BCUT2D eigenvalue weighted by Gasteiger charge is -2.20. The van der Waals surface area contributed by atoms with Crippen LogP contribution in [0.25, 0.3) is 0 Å². The molecule has 0 aliphatic heterocycles. The highest BCUT2D eigenvalue weighted by Gasteiger charge is 2.27. The minimum atomic E-state index is -4.09. The first-order chi connectivity index (χ1) is 15.7. The van der Waals surface area contributed by atoms with E-state index < -0.39 is 22.0 Å². The van der Waals surface area contributed by atoms with Gasteiger partial charge in [0.2, 0.25) is 15.9 Å². The lowest BCUT2D eigenvalue weighted by molar-refractivity contribution is -0.117. The summed E-state index contributed by atoms with van der Waals surface area (Å²) in [6, 6.07) is 16.7. The normalized spacial score (nSPS) is 12.1. The summed E-state index contributed by atoms with van der Waals surface area (Å²) in [5, 5.41) is 3.32. The van der Waals surface area contributed by atoms with E-state index >= 15 is 0 Å². The van der Waals surface area contributed by atoms with Crippen LogP contribution in [0.1, 0.15) is 5.56 Å². The van der Waals surface area contributed by atoms with E-state index in [-0.39, 0.29) is 22.1 Å². The number of benzene rings is 3. The summed E-state index contributed by atoms with van der Waals surface area (Å²) < 4.78 is 39.1. The Morgan fingerprint density at radius 1 is 0.939 bits per heavy atom. The topological polar surface area (TPSA) is 93.7 Å². The Balaban J connectivity index is 1.91. The van der Waals surface area contributed by atoms with Crippen LogP contribution in [0.4, 0.5) is 5.69 Å². The maximum Gasteiger partial charge on any atom is 0.242 e. The van der Waals surface area contributed by atoms with Gasteiger partial charge in [0, 0.05) is 11.1 Å². The molecule has 0 heterocycles. The van der Waals surface area contributed by atoms with Crippen LogP contribution in [0, 0.1) is 0 Å². The zero-order valence-corrected chi connectivity index (χ0v) is 20.2. The lowest BCUT2D eigenvalue weighted by Crippen LogP contribution is -2.45. The molecule has 0 aliphatic carbocycles. The zero-order chi connectivity index (χ0) is 24.0. The van der Waals surface area contributed by atoms with Crippen LogP contribution in [0.5, 0.6) is 11.5 Å². The monoisotopic (exact) mass is 508 g/mol. The minimum absolute atomic E-state index is 0.0736.